The number of benzene rings is 1. The molecular weight excluding hydrogens is 300 g/mol. The summed E-state index contributed by atoms with van der Waals surface area (Å²) in [7, 11) is 0. The maximum atomic E-state index is 9.55. The van der Waals surface area contributed by atoms with E-state index >= 15 is 0 Å². The quantitative estimate of drug-likeness (QED) is 0.743. The fourth-order valence-electron chi connectivity index (χ4n) is 3.20. The number of hydrogen-bond donors (Lipinski definition) is 1. The maximum Gasteiger partial charge on any atom is 0.109 e. The van der Waals surface area contributed by atoms with E-state index in [9.17, 15) is 5.26 Å². The lowest BCUT2D eigenvalue weighted by Crippen LogP contribution is -2.47. The Morgan fingerprint density at radius 1 is 1.43 bits per heavy atom. The Morgan fingerprint density at radius 2 is 2.19 bits per heavy atom. The van der Waals surface area contributed by atoms with Crippen molar-refractivity contribution in [3.63, 3.8) is 0 Å². The lowest BCUT2D eigenvalue weighted by Gasteiger charge is -2.29. The second-order valence-corrected chi connectivity index (χ2v) is 7.21. The molecule has 2 nitrogen and oxygen atoms in total. The van der Waals surface area contributed by atoms with Gasteiger partial charge in [-0.1, -0.05) is 37.1 Å². The molecule has 114 valence electrons. The van der Waals surface area contributed by atoms with Crippen LogP contribution in [0.1, 0.15) is 38.2 Å². The summed E-state index contributed by atoms with van der Waals surface area (Å²) in [5.41, 5.74) is 1.05. The second kappa shape index (κ2) is 8.08. The molecule has 0 aromatic heterocycles. The van der Waals surface area contributed by atoms with E-state index in [2.05, 4.69) is 30.4 Å². The number of nitriles is 1. The van der Waals surface area contributed by atoms with Crippen LogP contribution in [0, 0.1) is 17.2 Å². The van der Waals surface area contributed by atoms with Crippen molar-refractivity contribution < 1.29 is 0 Å². The van der Waals surface area contributed by atoms with Crippen LogP contribution in [-0.2, 0) is 5.75 Å². The van der Waals surface area contributed by atoms with Gasteiger partial charge in [-0.05, 0) is 55.2 Å². The van der Waals surface area contributed by atoms with Gasteiger partial charge in [-0.2, -0.15) is 17.0 Å². The van der Waals surface area contributed by atoms with Crippen molar-refractivity contribution >= 4 is 23.4 Å². The van der Waals surface area contributed by atoms with E-state index in [0.29, 0.717) is 5.92 Å². The summed E-state index contributed by atoms with van der Waals surface area (Å²) in [6.45, 7) is 2.96. The first kappa shape index (κ1) is 16.7. The third kappa shape index (κ3) is 4.39. The molecule has 1 aliphatic rings. The van der Waals surface area contributed by atoms with E-state index in [1.807, 2.05) is 23.9 Å². The Kier molecular flexibility index (Phi) is 6.41. The van der Waals surface area contributed by atoms with Crippen molar-refractivity contribution in [1.29, 1.82) is 5.26 Å². The van der Waals surface area contributed by atoms with Gasteiger partial charge in [0, 0.05) is 10.8 Å². The third-order valence-corrected chi connectivity index (χ3v) is 5.62. The van der Waals surface area contributed by atoms with E-state index in [1.54, 1.807) is 0 Å². The van der Waals surface area contributed by atoms with Gasteiger partial charge >= 0.3 is 0 Å². The highest BCUT2D eigenvalue weighted by molar-refractivity contribution is 7.98. The lowest BCUT2D eigenvalue weighted by molar-refractivity contribution is 0.317. The van der Waals surface area contributed by atoms with Crippen LogP contribution < -0.4 is 5.32 Å². The van der Waals surface area contributed by atoms with Crippen molar-refractivity contribution in [2.24, 2.45) is 5.92 Å². The van der Waals surface area contributed by atoms with Crippen LogP contribution in [0.2, 0.25) is 5.02 Å². The molecule has 0 aliphatic heterocycles. The predicted octanol–water partition coefficient (Wildman–Crippen LogP) is 4.64. The van der Waals surface area contributed by atoms with Crippen LogP contribution in [0.5, 0.6) is 0 Å². The van der Waals surface area contributed by atoms with Crippen LogP contribution in [0.15, 0.2) is 24.3 Å². The molecule has 2 rings (SSSR count). The van der Waals surface area contributed by atoms with Crippen LogP contribution in [0.3, 0.4) is 0 Å². The molecule has 2 unspecified atom stereocenters. The fourth-order valence-corrected chi connectivity index (χ4v) is 4.35. The molecular formula is C17H23ClN2S. The third-order valence-electron chi connectivity index (χ3n) is 4.30. The molecule has 1 fully saturated rings. The average Bonchev–Trinajstić information content (AvgIpc) is 2.89. The molecule has 0 bridgehead atoms. The molecule has 0 heterocycles. The lowest BCUT2D eigenvalue weighted by atomic mass is 9.86. The minimum absolute atomic E-state index is 0.268. The Balaban J connectivity index is 1.77. The van der Waals surface area contributed by atoms with E-state index in [4.69, 9.17) is 11.6 Å². The highest BCUT2D eigenvalue weighted by atomic mass is 35.5. The van der Waals surface area contributed by atoms with Crippen LogP contribution >= 0.6 is 23.4 Å². The topological polar surface area (TPSA) is 35.8 Å². The highest BCUT2D eigenvalue weighted by Crippen LogP contribution is 2.38. The van der Waals surface area contributed by atoms with Gasteiger partial charge in [0.05, 0.1) is 6.07 Å². The van der Waals surface area contributed by atoms with E-state index in [0.717, 1.165) is 35.9 Å². The Morgan fingerprint density at radius 3 is 2.86 bits per heavy atom. The first-order valence-corrected chi connectivity index (χ1v) is 9.22. The van der Waals surface area contributed by atoms with E-state index < -0.39 is 0 Å². The number of nitrogens with one attached hydrogen (secondary N) is 1. The van der Waals surface area contributed by atoms with Crippen LogP contribution in [0.25, 0.3) is 0 Å². The number of thioether (sulfide) groups is 1. The molecule has 1 N–H and O–H groups in total. The number of hydrogen-bond acceptors (Lipinski definition) is 3. The SMILES string of the molecule is CCNC1(C#N)CCCC1CCSCc1ccc(Cl)cc1. The molecule has 1 aromatic carbocycles. The van der Waals surface area contributed by atoms with Gasteiger partial charge in [0.25, 0.3) is 0 Å². The van der Waals surface area contributed by atoms with Gasteiger partial charge in [0.1, 0.15) is 5.54 Å². The number of nitrogens with zero attached hydrogens (tertiary/aromatic N) is 1. The average molecular weight is 323 g/mol. The summed E-state index contributed by atoms with van der Waals surface area (Å²) < 4.78 is 0. The zero-order chi connectivity index (χ0) is 15.1. The zero-order valence-corrected chi connectivity index (χ0v) is 14.1. The summed E-state index contributed by atoms with van der Waals surface area (Å²) in [6, 6.07) is 10.6. The van der Waals surface area contributed by atoms with E-state index in [1.165, 1.54) is 18.4 Å². The standard InChI is InChI=1S/C17H23ClN2S/c1-2-20-17(13-19)10-3-4-15(17)9-11-21-12-14-5-7-16(18)8-6-14/h5-8,15,20H,2-4,9-12H2,1H3. The van der Waals surface area contributed by atoms with Gasteiger partial charge in [-0.25, -0.2) is 0 Å². The Labute approximate surface area is 137 Å². The van der Waals surface area contributed by atoms with Crippen LogP contribution in [0.4, 0.5) is 0 Å². The summed E-state index contributed by atoms with van der Waals surface area (Å²) in [6.07, 6.45) is 4.48. The fraction of sp³-hybridized carbons (Fsp3) is 0.588. The van der Waals surface area contributed by atoms with Crippen molar-refractivity contribution in [1.82, 2.24) is 5.32 Å². The molecule has 0 radical (unpaired) electrons. The van der Waals surface area contributed by atoms with Crippen LogP contribution in [-0.4, -0.2) is 17.8 Å². The van der Waals surface area contributed by atoms with Gasteiger partial charge in [0.15, 0.2) is 0 Å². The second-order valence-electron chi connectivity index (χ2n) is 5.67. The molecule has 1 saturated carbocycles. The molecule has 4 heteroatoms. The van der Waals surface area contributed by atoms with Gasteiger partial charge < -0.3 is 0 Å². The van der Waals surface area contributed by atoms with Crippen molar-refractivity contribution in [2.45, 2.75) is 43.9 Å². The minimum Gasteiger partial charge on any atom is -0.299 e. The minimum atomic E-state index is -0.268. The zero-order valence-electron chi connectivity index (χ0n) is 12.6. The summed E-state index contributed by atoms with van der Waals surface area (Å²) in [5.74, 6) is 2.63. The van der Waals surface area contributed by atoms with Gasteiger partial charge in [0.2, 0.25) is 0 Å². The molecule has 0 saturated heterocycles. The maximum absolute atomic E-state index is 9.55. The first-order chi connectivity index (χ1) is 10.2. The number of halogens is 1. The molecule has 0 spiro atoms. The Hall–Kier alpha value is -0.690. The molecule has 1 aromatic rings. The summed E-state index contributed by atoms with van der Waals surface area (Å²) in [4.78, 5) is 0. The number of rotatable bonds is 7. The van der Waals surface area contributed by atoms with E-state index in [-0.39, 0.29) is 5.54 Å². The monoisotopic (exact) mass is 322 g/mol. The molecule has 1 aliphatic carbocycles. The summed E-state index contributed by atoms with van der Waals surface area (Å²) >= 11 is 7.84. The highest BCUT2D eigenvalue weighted by Gasteiger charge is 2.41. The van der Waals surface area contributed by atoms with Crippen molar-refractivity contribution in [2.75, 3.05) is 12.3 Å². The normalized spacial score (nSPS) is 24.9. The predicted molar refractivity (Wildman–Crippen MR) is 91.6 cm³/mol. The van der Waals surface area contributed by atoms with Crippen molar-refractivity contribution in [3.05, 3.63) is 34.9 Å². The Bertz CT molecular complexity index is 483. The molecule has 21 heavy (non-hydrogen) atoms. The van der Waals surface area contributed by atoms with Gasteiger partial charge in [-0.15, -0.1) is 0 Å². The molecule has 2 atom stereocenters. The van der Waals surface area contributed by atoms with Crippen molar-refractivity contribution in [3.8, 4) is 6.07 Å². The van der Waals surface area contributed by atoms with Gasteiger partial charge in [-0.3, -0.25) is 5.32 Å². The first-order valence-electron chi connectivity index (χ1n) is 7.68. The molecule has 0 amide bonds. The largest absolute Gasteiger partial charge is 0.299 e. The summed E-state index contributed by atoms with van der Waals surface area (Å²) in [5, 5.41) is 13.8. The smallest absolute Gasteiger partial charge is 0.109 e.